The molecule has 31 heavy (non-hydrogen) atoms. The van der Waals surface area contributed by atoms with Gasteiger partial charge in [0.25, 0.3) is 0 Å². The Kier molecular flexibility index (Phi) is 7.94. The maximum Gasteiger partial charge on any atom is 0.234 e. The van der Waals surface area contributed by atoms with Gasteiger partial charge in [-0.3, -0.25) is 4.79 Å². The average Bonchev–Trinajstić information content (AvgIpc) is 3.15. The van der Waals surface area contributed by atoms with E-state index >= 15 is 0 Å². The van der Waals surface area contributed by atoms with E-state index in [1.54, 1.807) is 7.11 Å². The van der Waals surface area contributed by atoms with Crippen molar-refractivity contribution in [2.75, 3.05) is 18.2 Å². The fourth-order valence-electron chi connectivity index (χ4n) is 3.05. The Morgan fingerprint density at radius 1 is 1.03 bits per heavy atom. The number of nitrogens with one attached hydrogen (secondary N) is 1. The normalized spacial score (nSPS) is 11.9. The summed E-state index contributed by atoms with van der Waals surface area (Å²) in [6.45, 7) is 6.92. The molecule has 1 aromatic heterocycles. The lowest BCUT2D eigenvalue weighted by Crippen LogP contribution is -2.17. The van der Waals surface area contributed by atoms with Gasteiger partial charge in [0, 0.05) is 12.2 Å². The Morgan fingerprint density at radius 3 is 2.39 bits per heavy atom. The van der Waals surface area contributed by atoms with Gasteiger partial charge < -0.3 is 19.4 Å². The van der Waals surface area contributed by atoms with Gasteiger partial charge in [-0.1, -0.05) is 55.9 Å². The topological polar surface area (TPSA) is 78.3 Å². The van der Waals surface area contributed by atoms with Gasteiger partial charge in [-0.25, -0.2) is 0 Å². The Bertz CT molecular complexity index is 991. The summed E-state index contributed by atoms with van der Waals surface area (Å²) in [4.78, 5) is 12.3. The molecule has 0 spiro atoms. The number of para-hydroxylation sites is 3. The van der Waals surface area contributed by atoms with Crippen molar-refractivity contribution in [3.63, 3.8) is 0 Å². The molecule has 1 unspecified atom stereocenters. The van der Waals surface area contributed by atoms with Gasteiger partial charge in [0.2, 0.25) is 5.91 Å². The highest BCUT2D eigenvalue weighted by Gasteiger charge is 2.22. The summed E-state index contributed by atoms with van der Waals surface area (Å²) in [5.74, 6) is 2.56. The first-order valence-electron chi connectivity index (χ1n) is 10.2. The van der Waals surface area contributed by atoms with Gasteiger partial charge in [0.1, 0.15) is 0 Å². The van der Waals surface area contributed by atoms with Crippen molar-refractivity contribution < 1.29 is 14.3 Å². The van der Waals surface area contributed by atoms with Crippen LogP contribution < -0.4 is 14.8 Å². The minimum Gasteiger partial charge on any atom is -0.493 e. The van der Waals surface area contributed by atoms with Crippen molar-refractivity contribution in [2.24, 2.45) is 5.92 Å². The molecule has 0 aliphatic heterocycles. The maximum absolute atomic E-state index is 12.3. The molecule has 1 atom stereocenters. The van der Waals surface area contributed by atoms with E-state index in [2.05, 4.69) is 29.4 Å². The number of anilines is 1. The number of hydrogen-bond acceptors (Lipinski definition) is 6. The largest absolute Gasteiger partial charge is 0.493 e. The Morgan fingerprint density at radius 2 is 1.71 bits per heavy atom. The molecule has 8 heteroatoms. The van der Waals surface area contributed by atoms with E-state index in [0.717, 1.165) is 12.2 Å². The molecular weight excluding hydrogens is 412 g/mol. The van der Waals surface area contributed by atoms with Gasteiger partial charge >= 0.3 is 0 Å². The second-order valence-electron chi connectivity index (χ2n) is 7.46. The van der Waals surface area contributed by atoms with Gasteiger partial charge in [0.05, 0.1) is 12.9 Å². The quantitative estimate of drug-likeness (QED) is 0.456. The summed E-state index contributed by atoms with van der Waals surface area (Å²) in [6, 6.07) is 16.9. The van der Waals surface area contributed by atoms with Crippen LogP contribution in [0.3, 0.4) is 0 Å². The van der Waals surface area contributed by atoms with Crippen molar-refractivity contribution in [1.82, 2.24) is 14.8 Å². The van der Waals surface area contributed by atoms with Crippen LogP contribution in [0.1, 0.15) is 32.7 Å². The fourth-order valence-corrected chi connectivity index (χ4v) is 3.81. The Balaban J connectivity index is 1.72. The zero-order valence-electron chi connectivity index (χ0n) is 18.2. The van der Waals surface area contributed by atoms with Crippen LogP contribution in [0.15, 0.2) is 59.8 Å². The molecule has 1 amide bonds. The van der Waals surface area contributed by atoms with Crippen LogP contribution in [0.25, 0.3) is 0 Å². The summed E-state index contributed by atoms with van der Waals surface area (Å²) in [5.41, 5.74) is 0.774. The van der Waals surface area contributed by atoms with Crippen molar-refractivity contribution in [1.29, 1.82) is 0 Å². The molecular formula is C23H28N4O3S. The lowest BCUT2D eigenvalue weighted by Gasteiger charge is -2.19. The van der Waals surface area contributed by atoms with E-state index in [9.17, 15) is 4.79 Å². The number of nitrogens with zero attached hydrogens (tertiary/aromatic N) is 3. The van der Waals surface area contributed by atoms with Crippen molar-refractivity contribution >= 4 is 23.4 Å². The molecule has 0 aliphatic rings. The molecule has 7 nitrogen and oxygen atoms in total. The number of ether oxygens (including phenoxy) is 2. The third-order valence-electron chi connectivity index (χ3n) is 4.42. The van der Waals surface area contributed by atoms with E-state index in [1.807, 2.05) is 66.1 Å². The van der Waals surface area contributed by atoms with E-state index in [4.69, 9.17) is 9.47 Å². The number of carbonyl (C=O) groups excluding carboxylic acids is 1. The monoisotopic (exact) mass is 440 g/mol. The Hall–Kier alpha value is -3.00. The van der Waals surface area contributed by atoms with E-state index in [1.165, 1.54) is 11.8 Å². The molecule has 2 aromatic carbocycles. The SMILES string of the molecule is COc1ccccc1OC(C)c1nnc(SCC(=O)Nc2ccccc2)n1CC(C)C. The molecule has 1 heterocycles. The molecule has 3 rings (SSSR count). The first-order valence-corrected chi connectivity index (χ1v) is 11.2. The molecule has 0 saturated carbocycles. The summed E-state index contributed by atoms with van der Waals surface area (Å²) >= 11 is 1.37. The molecule has 0 saturated heterocycles. The number of amides is 1. The van der Waals surface area contributed by atoms with Crippen LogP contribution in [0.5, 0.6) is 11.5 Å². The van der Waals surface area contributed by atoms with Crippen molar-refractivity contribution in [3.8, 4) is 11.5 Å². The highest BCUT2D eigenvalue weighted by atomic mass is 32.2. The number of hydrogen-bond donors (Lipinski definition) is 1. The highest BCUT2D eigenvalue weighted by molar-refractivity contribution is 7.99. The predicted molar refractivity (Wildman–Crippen MR) is 123 cm³/mol. The maximum atomic E-state index is 12.3. The number of benzene rings is 2. The highest BCUT2D eigenvalue weighted by Crippen LogP contribution is 2.31. The van der Waals surface area contributed by atoms with Crippen LogP contribution in [0, 0.1) is 5.92 Å². The van der Waals surface area contributed by atoms with Crippen LogP contribution >= 0.6 is 11.8 Å². The second-order valence-corrected chi connectivity index (χ2v) is 8.40. The minimum atomic E-state index is -0.338. The summed E-state index contributed by atoms with van der Waals surface area (Å²) in [5, 5.41) is 12.3. The number of aromatic nitrogens is 3. The van der Waals surface area contributed by atoms with E-state index in [-0.39, 0.29) is 17.8 Å². The first kappa shape index (κ1) is 22.7. The van der Waals surface area contributed by atoms with Crippen LogP contribution in [-0.2, 0) is 11.3 Å². The standard InChI is InChI=1S/C23H28N4O3S/c1-16(2)14-27-22(17(3)30-20-13-9-8-12-19(20)29-4)25-26-23(27)31-15-21(28)24-18-10-6-5-7-11-18/h5-13,16-17H,14-15H2,1-4H3,(H,24,28). The third-order valence-corrected chi connectivity index (χ3v) is 5.39. The molecule has 0 bridgehead atoms. The number of carbonyl (C=O) groups is 1. The third kappa shape index (κ3) is 6.24. The number of rotatable bonds is 10. The molecule has 164 valence electrons. The average molecular weight is 441 g/mol. The van der Waals surface area contributed by atoms with E-state index < -0.39 is 0 Å². The zero-order chi connectivity index (χ0) is 22.2. The van der Waals surface area contributed by atoms with E-state index in [0.29, 0.717) is 28.4 Å². The predicted octanol–water partition coefficient (Wildman–Crippen LogP) is 4.81. The first-order chi connectivity index (χ1) is 15.0. The molecule has 0 fully saturated rings. The lowest BCUT2D eigenvalue weighted by molar-refractivity contribution is -0.113. The van der Waals surface area contributed by atoms with Gasteiger partial charge in [-0.05, 0) is 37.1 Å². The fraction of sp³-hybridized carbons (Fsp3) is 0.348. The molecule has 1 N–H and O–H groups in total. The summed E-state index contributed by atoms with van der Waals surface area (Å²) in [6.07, 6.45) is -0.338. The zero-order valence-corrected chi connectivity index (χ0v) is 19.1. The smallest absolute Gasteiger partial charge is 0.234 e. The summed E-state index contributed by atoms with van der Waals surface area (Å²) in [7, 11) is 1.61. The van der Waals surface area contributed by atoms with Crippen LogP contribution in [0.2, 0.25) is 0 Å². The molecule has 3 aromatic rings. The molecule has 0 aliphatic carbocycles. The summed E-state index contributed by atoms with van der Waals surface area (Å²) < 4.78 is 13.5. The van der Waals surface area contributed by atoms with Crippen LogP contribution in [0.4, 0.5) is 5.69 Å². The lowest BCUT2D eigenvalue weighted by atomic mass is 10.2. The van der Waals surface area contributed by atoms with Crippen molar-refractivity contribution in [3.05, 3.63) is 60.4 Å². The van der Waals surface area contributed by atoms with Gasteiger partial charge in [0.15, 0.2) is 28.6 Å². The number of thioether (sulfide) groups is 1. The molecule has 0 radical (unpaired) electrons. The number of methoxy groups -OCH3 is 1. The minimum absolute atomic E-state index is 0.0878. The van der Waals surface area contributed by atoms with Gasteiger partial charge in [-0.15, -0.1) is 10.2 Å². The second kappa shape index (κ2) is 10.9. The Labute approximate surface area is 187 Å². The van der Waals surface area contributed by atoms with Gasteiger partial charge in [-0.2, -0.15) is 0 Å². The van der Waals surface area contributed by atoms with Crippen LogP contribution in [-0.4, -0.2) is 33.5 Å². The van der Waals surface area contributed by atoms with Crippen molar-refractivity contribution in [2.45, 2.75) is 38.6 Å².